The molecule has 0 radical (unpaired) electrons. The molecular weight excluding hydrogens is 221 g/mol. The van der Waals surface area contributed by atoms with Gasteiger partial charge in [0.1, 0.15) is 23.9 Å². The van der Waals surface area contributed by atoms with E-state index in [9.17, 15) is 4.39 Å². The van der Waals surface area contributed by atoms with Crippen LogP contribution in [0, 0.1) is 12.7 Å². The minimum Gasteiger partial charge on any atom is -0.462 e. The fraction of sp³-hybridized carbons (Fsp3) is 0.231. The molecule has 0 aliphatic rings. The fourth-order valence-electron chi connectivity index (χ4n) is 1.58. The van der Waals surface area contributed by atoms with Gasteiger partial charge in [-0.1, -0.05) is 6.07 Å². The Labute approximate surface area is 98.9 Å². The molecule has 0 saturated carbocycles. The standard InChI is InChI=1S/C13H14FNO2/c1-9-12(14)3-2-4-13(9)15-7-10-5-6-11(8-16)17-10/h2-6,15-16H,7-8H2,1H3. The highest BCUT2D eigenvalue weighted by molar-refractivity contribution is 5.50. The molecule has 4 heteroatoms. The van der Waals surface area contributed by atoms with Crippen molar-refractivity contribution in [1.82, 2.24) is 0 Å². The van der Waals surface area contributed by atoms with Gasteiger partial charge in [0.15, 0.2) is 0 Å². The van der Waals surface area contributed by atoms with E-state index < -0.39 is 0 Å². The molecule has 0 amide bonds. The van der Waals surface area contributed by atoms with Crippen LogP contribution in [-0.2, 0) is 13.2 Å². The maximum absolute atomic E-state index is 13.3. The number of nitrogens with one attached hydrogen (secondary N) is 1. The van der Waals surface area contributed by atoms with Crippen LogP contribution in [0.25, 0.3) is 0 Å². The van der Waals surface area contributed by atoms with Crippen molar-refractivity contribution in [3.8, 4) is 0 Å². The van der Waals surface area contributed by atoms with Gasteiger partial charge in [0.05, 0.1) is 6.54 Å². The van der Waals surface area contributed by atoms with Crippen LogP contribution in [0.3, 0.4) is 0 Å². The van der Waals surface area contributed by atoms with E-state index in [2.05, 4.69) is 5.32 Å². The largest absolute Gasteiger partial charge is 0.462 e. The Morgan fingerprint density at radius 3 is 2.71 bits per heavy atom. The third-order valence-electron chi connectivity index (χ3n) is 2.59. The van der Waals surface area contributed by atoms with Crippen molar-refractivity contribution >= 4 is 5.69 Å². The Bertz CT molecular complexity index is 508. The molecule has 2 rings (SSSR count). The lowest BCUT2D eigenvalue weighted by Gasteiger charge is -2.08. The zero-order valence-corrected chi connectivity index (χ0v) is 9.53. The highest BCUT2D eigenvalue weighted by Crippen LogP contribution is 2.18. The summed E-state index contributed by atoms with van der Waals surface area (Å²) in [4.78, 5) is 0. The molecule has 0 aliphatic heterocycles. The second-order valence-electron chi connectivity index (χ2n) is 3.79. The van der Waals surface area contributed by atoms with Gasteiger partial charge in [0.2, 0.25) is 0 Å². The Hall–Kier alpha value is -1.81. The van der Waals surface area contributed by atoms with Gasteiger partial charge in [0, 0.05) is 11.3 Å². The number of hydrogen-bond donors (Lipinski definition) is 2. The van der Waals surface area contributed by atoms with E-state index in [-0.39, 0.29) is 12.4 Å². The Balaban J connectivity index is 2.04. The smallest absolute Gasteiger partial charge is 0.129 e. The predicted octanol–water partition coefficient (Wildman–Crippen LogP) is 2.83. The molecule has 0 aliphatic carbocycles. The van der Waals surface area contributed by atoms with Gasteiger partial charge in [-0.15, -0.1) is 0 Å². The van der Waals surface area contributed by atoms with Gasteiger partial charge in [-0.2, -0.15) is 0 Å². The Morgan fingerprint density at radius 1 is 1.24 bits per heavy atom. The summed E-state index contributed by atoms with van der Waals surface area (Å²) < 4.78 is 18.6. The third-order valence-corrected chi connectivity index (χ3v) is 2.59. The first-order valence-electron chi connectivity index (χ1n) is 5.38. The molecule has 1 aromatic heterocycles. The summed E-state index contributed by atoms with van der Waals surface area (Å²) >= 11 is 0. The van der Waals surface area contributed by atoms with Crippen LogP contribution in [0.15, 0.2) is 34.7 Å². The van der Waals surface area contributed by atoms with Crippen LogP contribution in [0.2, 0.25) is 0 Å². The summed E-state index contributed by atoms with van der Waals surface area (Å²) in [5.74, 6) is 1.00. The summed E-state index contributed by atoms with van der Waals surface area (Å²) in [6.45, 7) is 2.07. The van der Waals surface area contributed by atoms with Gasteiger partial charge in [-0.3, -0.25) is 0 Å². The number of aliphatic hydroxyl groups excluding tert-OH is 1. The molecule has 1 aromatic carbocycles. The van der Waals surface area contributed by atoms with Gasteiger partial charge < -0.3 is 14.8 Å². The number of benzene rings is 1. The molecule has 17 heavy (non-hydrogen) atoms. The van der Waals surface area contributed by atoms with Gasteiger partial charge in [-0.25, -0.2) is 4.39 Å². The topological polar surface area (TPSA) is 45.4 Å². The first-order chi connectivity index (χ1) is 8.20. The van der Waals surface area contributed by atoms with E-state index in [1.807, 2.05) is 6.07 Å². The third kappa shape index (κ3) is 2.65. The van der Waals surface area contributed by atoms with E-state index >= 15 is 0 Å². The summed E-state index contributed by atoms with van der Waals surface area (Å²) in [6.07, 6.45) is 0. The molecule has 1 heterocycles. The Morgan fingerprint density at radius 2 is 2.00 bits per heavy atom. The minimum atomic E-state index is -0.231. The molecule has 2 N–H and O–H groups in total. The molecule has 0 bridgehead atoms. The number of furan rings is 1. The second kappa shape index (κ2) is 5.01. The SMILES string of the molecule is Cc1c(F)cccc1NCc1ccc(CO)o1. The van der Waals surface area contributed by atoms with Crippen molar-refractivity contribution in [1.29, 1.82) is 0 Å². The maximum Gasteiger partial charge on any atom is 0.129 e. The summed E-state index contributed by atoms with van der Waals surface area (Å²) in [7, 11) is 0. The summed E-state index contributed by atoms with van der Waals surface area (Å²) in [5.41, 5.74) is 1.33. The average molecular weight is 235 g/mol. The van der Waals surface area contributed by atoms with Crippen molar-refractivity contribution < 1.29 is 13.9 Å². The lowest BCUT2D eigenvalue weighted by atomic mass is 10.2. The predicted molar refractivity (Wildman–Crippen MR) is 63.1 cm³/mol. The lowest BCUT2D eigenvalue weighted by Crippen LogP contribution is -2.01. The molecule has 90 valence electrons. The van der Waals surface area contributed by atoms with Crippen LogP contribution >= 0.6 is 0 Å². The number of rotatable bonds is 4. The lowest BCUT2D eigenvalue weighted by molar-refractivity contribution is 0.244. The maximum atomic E-state index is 13.3. The van der Waals surface area contributed by atoms with E-state index in [0.29, 0.717) is 23.6 Å². The van der Waals surface area contributed by atoms with E-state index in [0.717, 1.165) is 5.69 Å². The van der Waals surface area contributed by atoms with E-state index in [1.165, 1.54) is 6.07 Å². The quantitative estimate of drug-likeness (QED) is 0.856. The van der Waals surface area contributed by atoms with Crippen LogP contribution < -0.4 is 5.32 Å². The number of anilines is 1. The van der Waals surface area contributed by atoms with Gasteiger partial charge in [0.25, 0.3) is 0 Å². The monoisotopic (exact) mass is 235 g/mol. The number of aliphatic hydroxyl groups is 1. The van der Waals surface area contributed by atoms with Gasteiger partial charge in [-0.05, 0) is 31.2 Å². The molecule has 0 spiro atoms. The highest BCUT2D eigenvalue weighted by atomic mass is 19.1. The minimum absolute atomic E-state index is 0.112. The number of hydrogen-bond acceptors (Lipinski definition) is 3. The second-order valence-corrected chi connectivity index (χ2v) is 3.79. The normalized spacial score (nSPS) is 10.5. The van der Waals surface area contributed by atoms with Gasteiger partial charge >= 0.3 is 0 Å². The van der Waals surface area contributed by atoms with E-state index in [1.54, 1.807) is 25.1 Å². The highest BCUT2D eigenvalue weighted by Gasteiger charge is 2.04. The van der Waals surface area contributed by atoms with Crippen molar-refractivity contribution in [2.75, 3.05) is 5.32 Å². The first kappa shape index (κ1) is 11.7. The molecule has 0 fully saturated rings. The Kier molecular flexibility index (Phi) is 3.44. The van der Waals surface area contributed by atoms with Crippen molar-refractivity contribution in [3.63, 3.8) is 0 Å². The van der Waals surface area contributed by atoms with Crippen molar-refractivity contribution in [3.05, 3.63) is 53.2 Å². The molecular formula is C13H14FNO2. The van der Waals surface area contributed by atoms with Crippen LogP contribution in [0.1, 0.15) is 17.1 Å². The fourth-order valence-corrected chi connectivity index (χ4v) is 1.58. The van der Waals surface area contributed by atoms with Crippen LogP contribution in [-0.4, -0.2) is 5.11 Å². The van der Waals surface area contributed by atoms with E-state index in [4.69, 9.17) is 9.52 Å². The zero-order chi connectivity index (χ0) is 12.3. The molecule has 0 saturated heterocycles. The molecule has 0 unspecified atom stereocenters. The van der Waals surface area contributed by atoms with Crippen molar-refractivity contribution in [2.45, 2.75) is 20.1 Å². The molecule has 3 nitrogen and oxygen atoms in total. The zero-order valence-electron chi connectivity index (χ0n) is 9.53. The molecule has 2 aromatic rings. The van der Waals surface area contributed by atoms with Crippen molar-refractivity contribution in [2.24, 2.45) is 0 Å². The van der Waals surface area contributed by atoms with Crippen LogP contribution in [0.5, 0.6) is 0 Å². The molecule has 0 atom stereocenters. The summed E-state index contributed by atoms with van der Waals surface area (Å²) in [6, 6.07) is 8.40. The number of halogens is 1. The summed E-state index contributed by atoms with van der Waals surface area (Å²) in [5, 5.41) is 11.9. The van der Waals surface area contributed by atoms with Crippen LogP contribution in [0.4, 0.5) is 10.1 Å². The average Bonchev–Trinajstić information content (AvgIpc) is 2.79. The first-order valence-corrected chi connectivity index (χ1v) is 5.38.